The molecule has 2 amide bonds. The van der Waals surface area contributed by atoms with E-state index in [1.807, 2.05) is 0 Å². The second kappa shape index (κ2) is 6.81. The molecule has 23 heavy (non-hydrogen) atoms. The molecule has 2 rings (SSSR count). The lowest BCUT2D eigenvalue weighted by Crippen LogP contribution is -2.32. The van der Waals surface area contributed by atoms with Gasteiger partial charge in [-0.05, 0) is 51.3 Å². The molecule has 6 heteroatoms. The van der Waals surface area contributed by atoms with E-state index in [1.165, 1.54) is 0 Å². The molecular weight excluding hydrogens is 296 g/mol. The first-order valence-corrected chi connectivity index (χ1v) is 7.72. The molecule has 1 aromatic rings. The van der Waals surface area contributed by atoms with E-state index in [4.69, 9.17) is 5.11 Å². The third-order valence-electron chi connectivity index (χ3n) is 3.95. The summed E-state index contributed by atoms with van der Waals surface area (Å²) in [5.74, 6) is -1.08. The maximum absolute atomic E-state index is 12.1. The van der Waals surface area contributed by atoms with Gasteiger partial charge in [0.1, 0.15) is 0 Å². The topological polar surface area (TPSA) is 95.5 Å². The molecule has 0 aliphatic heterocycles. The van der Waals surface area contributed by atoms with Crippen LogP contribution in [0.5, 0.6) is 0 Å². The third-order valence-corrected chi connectivity index (χ3v) is 3.95. The summed E-state index contributed by atoms with van der Waals surface area (Å²) in [6.45, 7) is 3.52. The van der Waals surface area contributed by atoms with E-state index in [0.29, 0.717) is 17.7 Å². The number of carbonyl (C=O) groups excluding carboxylic acids is 2. The van der Waals surface area contributed by atoms with E-state index in [2.05, 4.69) is 10.6 Å². The van der Waals surface area contributed by atoms with Crippen LogP contribution < -0.4 is 10.6 Å². The summed E-state index contributed by atoms with van der Waals surface area (Å²) in [6, 6.07) is 6.73. The van der Waals surface area contributed by atoms with Gasteiger partial charge in [0.05, 0.1) is 5.41 Å². The van der Waals surface area contributed by atoms with E-state index in [9.17, 15) is 14.4 Å². The highest BCUT2D eigenvalue weighted by atomic mass is 16.4. The maximum atomic E-state index is 12.1. The van der Waals surface area contributed by atoms with E-state index in [1.54, 1.807) is 38.1 Å². The molecule has 3 N–H and O–H groups in total. The molecule has 1 saturated carbocycles. The number of benzene rings is 1. The fourth-order valence-electron chi connectivity index (χ4n) is 2.03. The molecule has 0 radical (unpaired) electrons. The molecule has 0 spiro atoms. The minimum Gasteiger partial charge on any atom is -0.481 e. The number of carbonyl (C=O) groups is 3. The fraction of sp³-hybridized carbons (Fsp3) is 0.471. The Morgan fingerprint density at radius 2 is 1.96 bits per heavy atom. The highest BCUT2D eigenvalue weighted by Crippen LogP contribution is 2.30. The first-order valence-electron chi connectivity index (χ1n) is 7.72. The minimum absolute atomic E-state index is 0.00855. The standard InChI is InChI=1S/C17H22N2O4/c1-17(2,16(22)23)8-9-18-14(20)12-4-3-5-13(10-12)19-15(21)11-6-7-11/h3-5,10-11H,6-9H2,1-2H3,(H,18,20)(H,19,21)(H,22,23). The molecule has 0 saturated heterocycles. The van der Waals surface area contributed by atoms with Crippen molar-refractivity contribution in [3.8, 4) is 0 Å². The number of carboxylic acids is 1. The number of nitrogens with one attached hydrogen (secondary N) is 2. The van der Waals surface area contributed by atoms with Crippen LogP contribution >= 0.6 is 0 Å². The largest absolute Gasteiger partial charge is 0.481 e. The van der Waals surface area contributed by atoms with Crippen LogP contribution in [-0.4, -0.2) is 29.4 Å². The second-order valence-electron chi connectivity index (χ2n) is 6.54. The predicted molar refractivity (Wildman–Crippen MR) is 86.2 cm³/mol. The Morgan fingerprint density at radius 3 is 2.57 bits per heavy atom. The highest BCUT2D eigenvalue weighted by Gasteiger charge is 2.29. The zero-order valence-corrected chi connectivity index (χ0v) is 13.4. The van der Waals surface area contributed by atoms with Crippen LogP contribution in [0.2, 0.25) is 0 Å². The van der Waals surface area contributed by atoms with Gasteiger partial charge in [-0.25, -0.2) is 0 Å². The quantitative estimate of drug-likeness (QED) is 0.718. The molecule has 124 valence electrons. The predicted octanol–water partition coefficient (Wildman–Crippen LogP) is 2.27. The van der Waals surface area contributed by atoms with Gasteiger partial charge in [0.2, 0.25) is 5.91 Å². The average Bonchev–Trinajstić information content (AvgIpc) is 3.31. The summed E-state index contributed by atoms with van der Waals surface area (Å²) in [7, 11) is 0. The van der Waals surface area contributed by atoms with Crippen molar-refractivity contribution in [3.63, 3.8) is 0 Å². The molecule has 0 atom stereocenters. The number of anilines is 1. The van der Waals surface area contributed by atoms with Crippen LogP contribution in [0.1, 0.15) is 43.5 Å². The summed E-state index contributed by atoms with van der Waals surface area (Å²) < 4.78 is 0. The van der Waals surface area contributed by atoms with Crippen LogP contribution in [-0.2, 0) is 9.59 Å². The molecule has 0 aromatic heterocycles. The Morgan fingerprint density at radius 1 is 1.26 bits per heavy atom. The molecule has 1 fully saturated rings. The van der Waals surface area contributed by atoms with Gasteiger partial charge in [-0.1, -0.05) is 6.07 Å². The van der Waals surface area contributed by atoms with Gasteiger partial charge in [0, 0.05) is 23.7 Å². The number of carboxylic acid groups (broad SMARTS) is 1. The van der Waals surface area contributed by atoms with Crippen LogP contribution in [0.25, 0.3) is 0 Å². The molecule has 0 bridgehead atoms. The number of hydrogen-bond acceptors (Lipinski definition) is 3. The van der Waals surface area contributed by atoms with Crippen molar-refractivity contribution in [1.82, 2.24) is 5.32 Å². The lowest BCUT2D eigenvalue weighted by atomic mass is 9.90. The van der Waals surface area contributed by atoms with E-state index >= 15 is 0 Å². The third kappa shape index (κ3) is 4.81. The second-order valence-corrected chi connectivity index (χ2v) is 6.54. The Bertz CT molecular complexity index is 621. The number of rotatable bonds is 7. The minimum atomic E-state index is -0.892. The van der Waals surface area contributed by atoms with Gasteiger partial charge < -0.3 is 15.7 Å². The molecule has 1 aliphatic carbocycles. The van der Waals surface area contributed by atoms with Gasteiger partial charge in [-0.15, -0.1) is 0 Å². The summed E-state index contributed by atoms with van der Waals surface area (Å²) in [4.78, 5) is 34.9. The summed E-state index contributed by atoms with van der Waals surface area (Å²) >= 11 is 0. The van der Waals surface area contributed by atoms with Crippen molar-refractivity contribution in [2.45, 2.75) is 33.1 Å². The lowest BCUT2D eigenvalue weighted by molar-refractivity contribution is -0.147. The smallest absolute Gasteiger partial charge is 0.309 e. The Kier molecular flexibility index (Phi) is 5.03. The summed E-state index contributed by atoms with van der Waals surface area (Å²) in [6.07, 6.45) is 2.18. The SMILES string of the molecule is CC(C)(CCNC(=O)c1cccc(NC(=O)C2CC2)c1)C(=O)O. The molecule has 0 unspecified atom stereocenters. The van der Waals surface area contributed by atoms with E-state index in [-0.39, 0.29) is 24.3 Å². The normalized spacial score (nSPS) is 14.2. The van der Waals surface area contributed by atoms with Gasteiger partial charge in [-0.2, -0.15) is 0 Å². The summed E-state index contributed by atoms with van der Waals surface area (Å²) in [5.41, 5.74) is 0.153. The number of aliphatic carboxylic acids is 1. The van der Waals surface area contributed by atoms with Gasteiger partial charge in [-0.3, -0.25) is 14.4 Å². The Balaban J connectivity index is 1.89. The number of hydrogen-bond donors (Lipinski definition) is 3. The van der Waals surface area contributed by atoms with Gasteiger partial charge >= 0.3 is 5.97 Å². The molecular formula is C17H22N2O4. The van der Waals surface area contributed by atoms with Gasteiger partial charge in [0.15, 0.2) is 0 Å². The van der Waals surface area contributed by atoms with Crippen molar-refractivity contribution < 1.29 is 19.5 Å². The first-order chi connectivity index (χ1) is 10.8. The molecule has 6 nitrogen and oxygen atoms in total. The highest BCUT2D eigenvalue weighted by molar-refractivity contribution is 5.98. The molecule has 1 aliphatic rings. The molecule has 0 heterocycles. The zero-order chi connectivity index (χ0) is 17.0. The summed E-state index contributed by atoms with van der Waals surface area (Å²) in [5, 5.41) is 14.5. The zero-order valence-electron chi connectivity index (χ0n) is 13.4. The van der Waals surface area contributed by atoms with E-state index in [0.717, 1.165) is 12.8 Å². The fourth-order valence-corrected chi connectivity index (χ4v) is 2.03. The van der Waals surface area contributed by atoms with E-state index < -0.39 is 11.4 Å². The van der Waals surface area contributed by atoms with Crippen LogP contribution in [0.15, 0.2) is 24.3 Å². The van der Waals surface area contributed by atoms with Crippen LogP contribution in [0.3, 0.4) is 0 Å². The van der Waals surface area contributed by atoms with Crippen molar-refractivity contribution in [2.75, 3.05) is 11.9 Å². The Labute approximate surface area is 135 Å². The van der Waals surface area contributed by atoms with Crippen molar-refractivity contribution in [1.29, 1.82) is 0 Å². The van der Waals surface area contributed by atoms with Crippen LogP contribution in [0.4, 0.5) is 5.69 Å². The van der Waals surface area contributed by atoms with Gasteiger partial charge in [0.25, 0.3) is 5.91 Å². The maximum Gasteiger partial charge on any atom is 0.309 e. The first kappa shape index (κ1) is 17.0. The van der Waals surface area contributed by atoms with Crippen molar-refractivity contribution in [2.24, 2.45) is 11.3 Å². The Hall–Kier alpha value is -2.37. The van der Waals surface area contributed by atoms with Crippen LogP contribution in [0, 0.1) is 11.3 Å². The monoisotopic (exact) mass is 318 g/mol. The van der Waals surface area contributed by atoms with Crippen molar-refractivity contribution in [3.05, 3.63) is 29.8 Å². The number of amides is 2. The lowest BCUT2D eigenvalue weighted by Gasteiger charge is -2.18. The average molecular weight is 318 g/mol. The molecule has 1 aromatic carbocycles. The van der Waals surface area contributed by atoms with Crippen molar-refractivity contribution >= 4 is 23.5 Å².